The van der Waals surface area contributed by atoms with Gasteiger partial charge in [-0.3, -0.25) is 4.79 Å². The molecule has 3 nitrogen and oxygen atoms in total. The third-order valence-corrected chi connectivity index (χ3v) is 3.06. The van der Waals surface area contributed by atoms with Gasteiger partial charge >= 0.3 is 0 Å². The lowest BCUT2D eigenvalue weighted by Crippen LogP contribution is -2.33. The Bertz CT molecular complexity index is 572. The van der Waals surface area contributed by atoms with Crippen molar-refractivity contribution in [1.29, 1.82) is 0 Å². The van der Waals surface area contributed by atoms with Crippen molar-refractivity contribution in [3.8, 4) is 0 Å². The maximum atomic E-state index is 13.4. The Hall–Kier alpha value is -2.20. The fourth-order valence-corrected chi connectivity index (χ4v) is 1.92. The monoisotopic (exact) mass is 272 g/mol. The summed E-state index contributed by atoms with van der Waals surface area (Å²) in [6, 6.07) is 15.5. The average Bonchev–Trinajstić information content (AvgIpc) is 2.48. The van der Waals surface area contributed by atoms with Crippen LogP contribution >= 0.6 is 0 Å². The molecule has 20 heavy (non-hydrogen) atoms. The van der Waals surface area contributed by atoms with Gasteiger partial charge in [-0.2, -0.15) is 0 Å². The summed E-state index contributed by atoms with van der Waals surface area (Å²) in [6.07, 6.45) is 0.0220. The van der Waals surface area contributed by atoms with Gasteiger partial charge in [0.25, 0.3) is 0 Å². The number of hydrogen-bond acceptors (Lipinski definition) is 2. The molecule has 0 saturated carbocycles. The zero-order valence-electron chi connectivity index (χ0n) is 11.1. The van der Waals surface area contributed by atoms with Gasteiger partial charge < -0.3 is 11.1 Å². The van der Waals surface area contributed by atoms with Crippen molar-refractivity contribution in [3.63, 3.8) is 0 Å². The van der Waals surface area contributed by atoms with Crippen molar-refractivity contribution in [2.75, 3.05) is 6.54 Å². The molecule has 0 spiro atoms. The molecule has 3 N–H and O–H groups in total. The first-order chi connectivity index (χ1) is 9.66. The van der Waals surface area contributed by atoms with E-state index in [1.54, 1.807) is 18.2 Å². The maximum absolute atomic E-state index is 13.4. The van der Waals surface area contributed by atoms with E-state index in [1.165, 1.54) is 6.07 Å². The third kappa shape index (κ3) is 3.90. The van der Waals surface area contributed by atoms with E-state index >= 15 is 0 Å². The summed E-state index contributed by atoms with van der Waals surface area (Å²) in [5.74, 6) is -0.600. The molecule has 0 aliphatic heterocycles. The van der Waals surface area contributed by atoms with Crippen LogP contribution in [0, 0.1) is 5.82 Å². The lowest BCUT2D eigenvalue weighted by molar-refractivity contribution is -0.120. The molecule has 1 amide bonds. The second kappa shape index (κ2) is 6.82. The van der Waals surface area contributed by atoms with Crippen LogP contribution in [-0.2, 0) is 11.2 Å². The van der Waals surface area contributed by atoms with E-state index in [4.69, 9.17) is 5.73 Å². The Morgan fingerprint density at radius 2 is 1.75 bits per heavy atom. The molecule has 2 aromatic carbocycles. The predicted octanol–water partition coefficient (Wildman–Crippen LogP) is 2.18. The standard InChI is InChI=1S/C16H17FN2O/c17-14-9-5-4-8-13(14)10-16(20)19-11-15(18)12-6-2-1-3-7-12/h1-9,15H,10-11,18H2,(H,19,20). The van der Waals surface area contributed by atoms with Crippen molar-refractivity contribution in [2.24, 2.45) is 5.73 Å². The van der Waals surface area contributed by atoms with Crippen molar-refractivity contribution in [2.45, 2.75) is 12.5 Å². The summed E-state index contributed by atoms with van der Waals surface area (Å²) < 4.78 is 13.4. The minimum Gasteiger partial charge on any atom is -0.354 e. The van der Waals surface area contributed by atoms with Crippen molar-refractivity contribution in [3.05, 3.63) is 71.5 Å². The first kappa shape index (κ1) is 14.2. The lowest BCUT2D eigenvalue weighted by atomic mass is 10.1. The highest BCUT2D eigenvalue weighted by Crippen LogP contribution is 2.09. The molecule has 0 aliphatic rings. The zero-order chi connectivity index (χ0) is 14.4. The largest absolute Gasteiger partial charge is 0.354 e. The Morgan fingerprint density at radius 1 is 1.10 bits per heavy atom. The normalized spacial score (nSPS) is 11.9. The van der Waals surface area contributed by atoms with Crippen LogP contribution in [0.2, 0.25) is 0 Å². The molecule has 0 saturated heterocycles. The average molecular weight is 272 g/mol. The van der Waals surface area contributed by atoms with E-state index in [9.17, 15) is 9.18 Å². The molecule has 0 bridgehead atoms. The minimum atomic E-state index is -0.366. The second-order valence-corrected chi connectivity index (χ2v) is 4.59. The van der Waals surface area contributed by atoms with E-state index in [0.717, 1.165) is 5.56 Å². The van der Waals surface area contributed by atoms with Crippen LogP contribution in [0.5, 0.6) is 0 Å². The molecule has 1 atom stereocenters. The molecular formula is C16H17FN2O. The Balaban J connectivity index is 1.85. The zero-order valence-corrected chi connectivity index (χ0v) is 11.1. The Labute approximate surface area is 117 Å². The van der Waals surface area contributed by atoms with Gasteiger partial charge in [0.2, 0.25) is 5.91 Å². The van der Waals surface area contributed by atoms with Gasteiger partial charge in [-0.05, 0) is 17.2 Å². The topological polar surface area (TPSA) is 55.1 Å². The molecule has 0 radical (unpaired) electrons. The van der Waals surface area contributed by atoms with Gasteiger partial charge in [0.1, 0.15) is 5.82 Å². The van der Waals surface area contributed by atoms with E-state index in [2.05, 4.69) is 5.32 Å². The molecule has 2 rings (SSSR count). The first-order valence-electron chi connectivity index (χ1n) is 6.47. The smallest absolute Gasteiger partial charge is 0.224 e. The maximum Gasteiger partial charge on any atom is 0.224 e. The number of hydrogen-bond donors (Lipinski definition) is 2. The molecule has 0 aromatic heterocycles. The molecule has 2 aromatic rings. The van der Waals surface area contributed by atoms with Gasteiger partial charge in [-0.1, -0.05) is 48.5 Å². The minimum absolute atomic E-state index is 0.0220. The second-order valence-electron chi connectivity index (χ2n) is 4.59. The third-order valence-electron chi connectivity index (χ3n) is 3.06. The Morgan fingerprint density at radius 3 is 2.45 bits per heavy atom. The van der Waals surface area contributed by atoms with Crippen LogP contribution in [0.1, 0.15) is 17.2 Å². The van der Waals surface area contributed by atoms with E-state index in [0.29, 0.717) is 12.1 Å². The summed E-state index contributed by atoms with van der Waals surface area (Å²) >= 11 is 0. The first-order valence-corrected chi connectivity index (χ1v) is 6.47. The SMILES string of the molecule is NC(CNC(=O)Cc1ccccc1F)c1ccccc1. The summed E-state index contributed by atoms with van der Waals surface area (Å²) in [5, 5.41) is 2.73. The summed E-state index contributed by atoms with van der Waals surface area (Å²) in [7, 11) is 0. The fraction of sp³-hybridized carbons (Fsp3) is 0.188. The lowest BCUT2D eigenvalue weighted by Gasteiger charge is -2.13. The summed E-state index contributed by atoms with van der Waals surface area (Å²) in [5.41, 5.74) is 7.32. The number of nitrogens with two attached hydrogens (primary N) is 1. The summed E-state index contributed by atoms with van der Waals surface area (Å²) in [4.78, 5) is 11.8. The molecular weight excluding hydrogens is 255 g/mol. The highest BCUT2D eigenvalue weighted by atomic mass is 19.1. The fourth-order valence-electron chi connectivity index (χ4n) is 1.92. The molecule has 0 fully saturated rings. The molecule has 1 unspecified atom stereocenters. The van der Waals surface area contributed by atoms with E-state index in [-0.39, 0.29) is 24.2 Å². The van der Waals surface area contributed by atoms with Crippen molar-refractivity contribution < 1.29 is 9.18 Å². The van der Waals surface area contributed by atoms with E-state index in [1.807, 2.05) is 30.3 Å². The van der Waals surface area contributed by atoms with Gasteiger partial charge in [-0.25, -0.2) is 4.39 Å². The van der Waals surface area contributed by atoms with Crippen LogP contribution in [0.25, 0.3) is 0 Å². The number of carbonyl (C=O) groups is 1. The highest BCUT2D eigenvalue weighted by Gasteiger charge is 2.10. The van der Waals surface area contributed by atoms with Gasteiger partial charge in [-0.15, -0.1) is 0 Å². The quantitative estimate of drug-likeness (QED) is 0.876. The molecule has 4 heteroatoms. The van der Waals surface area contributed by atoms with Crippen LogP contribution < -0.4 is 11.1 Å². The molecule has 0 aliphatic carbocycles. The predicted molar refractivity (Wildman–Crippen MR) is 76.5 cm³/mol. The van der Waals surface area contributed by atoms with E-state index < -0.39 is 0 Å². The summed E-state index contributed by atoms with van der Waals surface area (Å²) in [6.45, 7) is 0.331. The number of halogens is 1. The number of benzene rings is 2. The van der Waals surface area contributed by atoms with Crippen molar-refractivity contribution in [1.82, 2.24) is 5.32 Å². The number of amides is 1. The Kier molecular flexibility index (Phi) is 4.85. The number of rotatable bonds is 5. The molecule has 0 heterocycles. The number of carbonyl (C=O) groups excluding carboxylic acids is 1. The van der Waals surface area contributed by atoms with Crippen LogP contribution in [0.4, 0.5) is 4.39 Å². The molecule has 104 valence electrons. The van der Waals surface area contributed by atoms with Gasteiger partial charge in [0.15, 0.2) is 0 Å². The van der Waals surface area contributed by atoms with Crippen LogP contribution in [0.15, 0.2) is 54.6 Å². The number of nitrogens with one attached hydrogen (secondary N) is 1. The van der Waals surface area contributed by atoms with Gasteiger partial charge in [0, 0.05) is 12.6 Å². The van der Waals surface area contributed by atoms with Crippen LogP contribution in [0.3, 0.4) is 0 Å². The van der Waals surface area contributed by atoms with Gasteiger partial charge in [0.05, 0.1) is 6.42 Å². The van der Waals surface area contributed by atoms with Crippen molar-refractivity contribution >= 4 is 5.91 Å². The van der Waals surface area contributed by atoms with Crippen LogP contribution in [-0.4, -0.2) is 12.5 Å². The highest BCUT2D eigenvalue weighted by molar-refractivity contribution is 5.78.